The van der Waals surface area contributed by atoms with E-state index in [2.05, 4.69) is 10.3 Å². The van der Waals surface area contributed by atoms with Crippen LogP contribution in [0.25, 0.3) is 10.8 Å². The number of carbonyl (C=O) groups excluding carboxylic acids is 1. The zero-order chi connectivity index (χ0) is 23.4. The van der Waals surface area contributed by atoms with Gasteiger partial charge in [0.1, 0.15) is 5.76 Å². The molecule has 1 N–H and O–H groups in total. The highest BCUT2D eigenvalue weighted by Crippen LogP contribution is 2.26. The van der Waals surface area contributed by atoms with E-state index in [1.54, 1.807) is 26.1 Å². The number of anilines is 1. The molecule has 2 aromatic heterocycles. The third-order valence-corrected chi connectivity index (χ3v) is 7.72. The lowest BCUT2D eigenvalue weighted by Crippen LogP contribution is -2.26. The minimum atomic E-state index is -3.66. The topological polar surface area (TPSA) is 92.5 Å². The van der Waals surface area contributed by atoms with Gasteiger partial charge in [-0.15, -0.1) is 11.3 Å². The molecule has 0 aliphatic rings. The highest BCUT2D eigenvalue weighted by molar-refractivity contribution is 7.89. The number of amides is 1. The lowest BCUT2D eigenvalue weighted by Gasteiger charge is -2.17. The second-order valence-electron chi connectivity index (χ2n) is 7.50. The summed E-state index contributed by atoms with van der Waals surface area (Å²) in [5, 5.41) is 4.72. The number of nitrogens with zero attached hydrogens (tertiary/aromatic N) is 2. The molecule has 7 nitrogen and oxygen atoms in total. The Morgan fingerprint density at radius 3 is 2.45 bits per heavy atom. The molecule has 9 heteroatoms. The molecule has 0 bridgehead atoms. The number of hydrogen-bond donors (Lipinski definition) is 1. The summed E-state index contributed by atoms with van der Waals surface area (Å²) in [4.78, 5) is 18.0. The summed E-state index contributed by atoms with van der Waals surface area (Å²) in [6.07, 6.45) is 0.0561. The largest absolute Gasteiger partial charge is 0.440 e. The van der Waals surface area contributed by atoms with E-state index in [1.807, 2.05) is 47.8 Å². The Morgan fingerprint density at radius 1 is 1.06 bits per heavy atom. The van der Waals surface area contributed by atoms with Crippen molar-refractivity contribution in [1.82, 2.24) is 9.29 Å². The third-order valence-electron chi connectivity index (χ3n) is 5.05. The highest BCUT2D eigenvalue weighted by atomic mass is 32.2. The first-order valence-electron chi connectivity index (χ1n) is 10.2. The van der Waals surface area contributed by atoms with Gasteiger partial charge in [0.05, 0.1) is 21.9 Å². The van der Waals surface area contributed by atoms with Crippen LogP contribution in [0.4, 0.5) is 5.69 Å². The number of carbonyl (C=O) groups is 1. The van der Waals surface area contributed by atoms with Gasteiger partial charge in [-0.2, -0.15) is 4.31 Å². The fraction of sp³-hybridized carbons (Fsp3) is 0.167. The molecule has 0 aliphatic carbocycles. The van der Waals surface area contributed by atoms with Crippen LogP contribution in [0, 0.1) is 6.92 Å². The number of sulfonamides is 1. The second kappa shape index (κ2) is 9.70. The van der Waals surface area contributed by atoms with Crippen molar-refractivity contribution in [3.63, 3.8) is 0 Å². The van der Waals surface area contributed by atoms with E-state index in [0.717, 1.165) is 10.4 Å². The van der Waals surface area contributed by atoms with E-state index in [-0.39, 0.29) is 23.8 Å². The van der Waals surface area contributed by atoms with Crippen molar-refractivity contribution in [1.29, 1.82) is 0 Å². The Morgan fingerprint density at radius 2 is 1.79 bits per heavy atom. The molecule has 4 rings (SSSR count). The zero-order valence-electron chi connectivity index (χ0n) is 18.2. The van der Waals surface area contributed by atoms with Gasteiger partial charge in [-0.05, 0) is 48.2 Å². The summed E-state index contributed by atoms with van der Waals surface area (Å²) in [6, 6.07) is 19.3. The van der Waals surface area contributed by atoms with E-state index in [1.165, 1.54) is 27.8 Å². The van der Waals surface area contributed by atoms with Gasteiger partial charge in [0, 0.05) is 19.3 Å². The van der Waals surface area contributed by atoms with Crippen molar-refractivity contribution in [2.24, 2.45) is 0 Å². The average molecular weight is 482 g/mol. The van der Waals surface area contributed by atoms with E-state index in [9.17, 15) is 13.2 Å². The molecule has 0 saturated heterocycles. The van der Waals surface area contributed by atoms with E-state index >= 15 is 0 Å². The van der Waals surface area contributed by atoms with Crippen LogP contribution < -0.4 is 5.32 Å². The normalized spacial score (nSPS) is 11.6. The van der Waals surface area contributed by atoms with Crippen molar-refractivity contribution < 1.29 is 17.6 Å². The standard InChI is InChI=1S/C24H23N3O4S2/c1-17-21(26-24(31-17)22-9-6-14-32-22)15-23(28)25-19-10-12-20(13-11-19)33(29,30)27(2)16-18-7-4-3-5-8-18/h3-14H,15-16H2,1-2H3,(H,25,28). The lowest BCUT2D eigenvalue weighted by molar-refractivity contribution is -0.115. The Labute approximate surface area is 196 Å². The van der Waals surface area contributed by atoms with Crippen molar-refractivity contribution in [3.8, 4) is 10.8 Å². The van der Waals surface area contributed by atoms with Gasteiger partial charge >= 0.3 is 0 Å². The molecular weight excluding hydrogens is 458 g/mol. The summed E-state index contributed by atoms with van der Waals surface area (Å²) in [5.74, 6) is 0.830. The fourth-order valence-electron chi connectivity index (χ4n) is 3.27. The highest BCUT2D eigenvalue weighted by Gasteiger charge is 2.21. The van der Waals surface area contributed by atoms with Crippen molar-refractivity contribution in [2.45, 2.75) is 24.8 Å². The van der Waals surface area contributed by atoms with Gasteiger partial charge in [0.2, 0.25) is 21.8 Å². The number of hydrogen-bond acceptors (Lipinski definition) is 6. The molecule has 2 heterocycles. The number of nitrogens with one attached hydrogen (secondary N) is 1. The molecule has 0 aliphatic heterocycles. The van der Waals surface area contributed by atoms with Crippen molar-refractivity contribution in [2.75, 3.05) is 12.4 Å². The number of benzene rings is 2. The fourth-order valence-corrected chi connectivity index (χ4v) is 5.08. The number of oxazole rings is 1. The minimum Gasteiger partial charge on any atom is -0.440 e. The number of aryl methyl sites for hydroxylation is 1. The first-order chi connectivity index (χ1) is 15.8. The van der Waals surface area contributed by atoms with Crippen LogP contribution in [0.5, 0.6) is 0 Å². The molecule has 2 aromatic carbocycles. The second-order valence-corrected chi connectivity index (χ2v) is 10.5. The Hall–Kier alpha value is -3.27. The van der Waals surface area contributed by atoms with E-state index in [0.29, 0.717) is 23.0 Å². The minimum absolute atomic E-state index is 0.0561. The van der Waals surface area contributed by atoms with E-state index in [4.69, 9.17) is 4.42 Å². The predicted molar refractivity (Wildman–Crippen MR) is 128 cm³/mol. The molecule has 0 fully saturated rings. The SMILES string of the molecule is Cc1oc(-c2cccs2)nc1CC(=O)Nc1ccc(S(=O)(=O)N(C)Cc2ccccc2)cc1. The summed E-state index contributed by atoms with van der Waals surface area (Å²) >= 11 is 1.52. The number of rotatable bonds is 8. The van der Waals surface area contributed by atoms with Crippen LogP contribution in [-0.4, -0.2) is 30.7 Å². The van der Waals surface area contributed by atoms with Crippen LogP contribution in [0.15, 0.2) is 81.4 Å². The molecule has 0 unspecified atom stereocenters. The molecule has 0 saturated carbocycles. The molecule has 0 spiro atoms. The van der Waals surface area contributed by atoms with Gasteiger partial charge in [0.25, 0.3) is 0 Å². The quantitative estimate of drug-likeness (QED) is 0.393. The first kappa shape index (κ1) is 22.9. The van der Waals surface area contributed by atoms with Crippen LogP contribution in [-0.2, 0) is 27.8 Å². The Balaban J connectivity index is 1.39. The molecule has 1 amide bonds. The maximum absolute atomic E-state index is 12.9. The Bertz CT molecular complexity index is 1330. The van der Waals surface area contributed by atoms with Crippen molar-refractivity contribution >= 4 is 33.0 Å². The van der Waals surface area contributed by atoms with Crippen LogP contribution in [0.1, 0.15) is 17.0 Å². The summed E-state index contributed by atoms with van der Waals surface area (Å²) in [6.45, 7) is 2.05. The number of thiophene rings is 1. The zero-order valence-corrected chi connectivity index (χ0v) is 19.8. The average Bonchev–Trinajstić information content (AvgIpc) is 3.45. The predicted octanol–water partition coefficient (Wildman–Crippen LogP) is 4.71. The first-order valence-corrected chi connectivity index (χ1v) is 12.6. The maximum atomic E-state index is 12.9. The van der Waals surface area contributed by atoms with Crippen LogP contribution in [0.2, 0.25) is 0 Å². The molecule has 4 aromatic rings. The van der Waals surface area contributed by atoms with Gasteiger partial charge < -0.3 is 9.73 Å². The third kappa shape index (κ3) is 5.39. The summed E-state index contributed by atoms with van der Waals surface area (Å²) in [5.41, 5.74) is 1.97. The van der Waals surface area contributed by atoms with Crippen molar-refractivity contribution in [3.05, 3.63) is 89.1 Å². The van der Waals surface area contributed by atoms with Gasteiger partial charge in [-0.3, -0.25) is 4.79 Å². The Kier molecular flexibility index (Phi) is 6.73. The molecular formula is C24H23N3O4S2. The van der Waals surface area contributed by atoms with Crippen LogP contribution in [0.3, 0.4) is 0 Å². The molecule has 33 heavy (non-hydrogen) atoms. The van der Waals surface area contributed by atoms with Gasteiger partial charge in [0.15, 0.2) is 0 Å². The van der Waals surface area contributed by atoms with Crippen LogP contribution >= 0.6 is 11.3 Å². The van der Waals surface area contributed by atoms with E-state index < -0.39 is 10.0 Å². The van der Waals surface area contributed by atoms with Gasteiger partial charge in [-0.25, -0.2) is 13.4 Å². The maximum Gasteiger partial charge on any atom is 0.243 e. The molecule has 0 radical (unpaired) electrons. The smallest absolute Gasteiger partial charge is 0.243 e. The molecule has 170 valence electrons. The summed E-state index contributed by atoms with van der Waals surface area (Å²) < 4.78 is 32.7. The van der Waals surface area contributed by atoms with Gasteiger partial charge in [-0.1, -0.05) is 36.4 Å². The molecule has 0 atom stereocenters. The monoisotopic (exact) mass is 481 g/mol. The number of aromatic nitrogens is 1. The lowest BCUT2D eigenvalue weighted by atomic mass is 10.2. The summed E-state index contributed by atoms with van der Waals surface area (Å²) in [7, 11) is -2.11.